The average molecular weight is 210 g/mol. The van der Waals surface area contributed by atoms with E-state index in [0.29, 0.717) is 17.2 Å². The Labute approximate surface area is 82.2 Å². The lowest BCUT2D eigenvalue weighted by Gasteiger charge is -1.97. The van der Waals surface area contributed by atoms with Gasteiger partial charge in [0.2, 0.25) is 0 Å². The first-order chi connectivity index (χ1) is 6.65. The molecule has 2 aromatic heterocycles. The van der Waals surface area contributed by atoms with Crippen LogP contribution in [0.1, 0.15) is 9.67 Å². The zero-order valence-electron chi connectivity index (χ0n) is 7.22. The summed E-state index contributed by atoms with van der Waals surface area (Å²) < 4.78 is 1.10. The molecule has 0 fully saturated rings. The quantitative estimate of drug-likeness (QED) is 0.696. The monoisotopic (exact) mass is 210 g/mol. The van der Waals surface area contributed by atoms with Crippen molar-refractivity contribution < 1.29 is 9.90 Å². The van der Waals surface area contributed by atoms with Gasteiger partial charge in [-0.3, -0.25) is 14.3 Å². The lowest BCUT2D eigenvalue weighted by atomic mass is 10.3. The van der Waals surface area contributed by atoms with E-state index in [1.54, 1.807) is 7.05 Å². The Balaban J connectivity index is 3.04. The second kappa shape index (κ2) is 2.91. The van der Waals surface area contributed by atoms with Gasteiger partial charge < -0.3 is 5.11 Å². The van der Waals surface area contributed by atoms with E-state index in [4.69, 9.17) is 0 Å². The molecule has 0 bridgehead atoms. The summed E-state index contributed by atoms with van der Waals surface area (Å²) in [7, 11) is 1.61. The van der Waals surface area contributed by atoms with Crippen molar-refractivity contribution in [3.63, 3.8) is 0 Å². The highest BCUT2D eigenvalue weighted by Gasteiger charge is 2.13. The summed E-state index contributed by atoms with van der Waals surface area (Å²) in [6, 6.07) is 0. The summed E-state index contributed by atoms with van der Waals surface area (Å²) in [6.45, 7) is 0. The largest absolute Gasteiger partial charge is 0.506 e. The number of rotatable bonds is 1. The number of fused-ring (bicyclic) bond motifs is 1. The molecule has 0 aliphatic rings. The van der Waals surface area contributed by atoms with E-state index in [9.17, 15) is 14.7 Å². The summed E-state index contributed by atoms with van der Waals surface area (Å²) in [4.78, 5) is 22.0. The van der Waals surface area contributed by atoms with Crippen LogP contribution in [-0.4, -0.2) is 21.2 Å². The molecule has 0 radical (unpaired) electrons. The number of aryl methyl sites for hydroxylation is 1. The number of carbonyl (C=O) groups excluding carboxylic acids is 1. The van der Waals surface area contributed by atoms with Crippen LogP contribution in [0.25, 0.3) is 10.9 Å². The van der Waals surface area contributed by atoms with E-state index in [-0.39, 0.29) is 15.4 Å². The highest BCUT2D eigenvalue weighted by Crippen LogP contribution is 2.26. The molecular weight excluding hydrogens is 204 g/mol. The van der Waals surface area contributed by atoms with Gasteiger partial charge in [-0.25, -0.2) is 0 Å². The smallest absolute Gasteiger partial charge is 0.259 e. The minimum absolute atomic E-state index is 0.0375. The minimum atomic E-state index is -0.278. The van der Waals surface area contributed by atoms with Crippen molar-refractivity contribution in [3.05, 3.63) is 20.6 Å². The third kappa shape index (κ3) is 1.04. The second-order valence-corrected chi connectivity index (χ2v) is 3.77. The molecule has 0 saturated heterocycles. The van der Waals surface area contributed by atoms with Gasteiger partial charge in [-0.05, 0) is 0 Å². The van der Waals surface area contributed by atoms with E-state index in [2.05, 4.69) is 5.10 Å². The van der Waals surface area contributed by atoms with Crippen LogP contribution in [0.2, 0.25) is 0 Å². The molecule has 0 unspecified atom stereocenters. The van der Waals surface area contributed by atoms with Gasteiger partial charge in [-0.2, -0.15) is 5.10 Å². The fourth-order valence-corrected chi connectivity index (χ4v) is 2.06. The van der Waals surface area contributed by atoms with Crippen LogP contribution < -0.4 is 4.74 Å². The van der Waals surface area contributed by atoms with Gasteiger partial charge in [-0.1, -0.05) is 11.3 Å². The molecule has 0 amide bonds. The third-order valence-corrected chi connectivity index (χ3v) is 2.82. The van der Waals surface area contributed by atoms with Crippen LogP contribution in [0.5, 0.6) is 5.75 Å². The van der Waals surface area contributed by atoms with Gasteiger partial charge in [0, 0.05) is 7.05 Å². The summed E-state index contributed by atoms with van der Waals surface area (Å²) in [5.41, 5.74) is 0.318. The Morgan fingerprint density at radius 3 is 3.00 bits per heavy atom. The van der Waals surface area contributed by atoms with E-state index >= 15 is 0 Å². The predicted octanol–water partition coefficient (Wildman–Crippen LogP) is 0.513. The molecule has 2 heterocycles. The highest BCUT2D eigenvalue weighted by molar-refractivity contribution is 7.11. The summed E-state index contributed by atoms with van der Waals surface area (Å²) >= 11 is 0.718. The van der Waals surface area contributed by atoms with E-state index in [1.165, 1.54) is 10.9 Å². The maximum absolute atomic E-state index is 11.5. The van der Waals surface area contributed by atoms with Gasteiger partial charge >= 0.3 is 0 Å². The highest BCUT2D eigenvalue weighted by atomic mass is 32.1. The predicted molar refractivity (Wildman–Crippen MR) is 51.9 cm³/mol. The fourth-order valence-electron chi connectivity index (χ4n) is 1.26. The molecule has 6 heteroatoms. The molecule has 14 heavy (non-hydrogen) atoms. The normalized spacial score (nSPS) is 10.6. The second-order valence-electron chi connectivity index (χ2n) is 2.75. The molecule has 0 spiro atoms. The number of hydrogen-bond acceptors (Lipinski definition) is 5. The molecule has 0 aromatic carbocycles. The Morgan fingerprint density at radius 1 is 1.64 bits per heavy atom. The van der Waals surface area contributed by atoms with Gasteiger partial charge in [0.15, 0.2) is 6.29 Å². The van der Waals surface area contributed by atoms with Crippen LogP contribution in [0, 0.1) is 0 Å². The van der Waals surface area contributed by atoms with E-state index in [1.807, 2.05) is 0 Å². The van der Waals surface area contributed by atoms with Crippen molar-refractivity contribution in [1.29, 1.82) is 0 Å². The number of nitrogens with zero attached hydrogens (tertiary/aromatic N) is 2. The lowest BCUT2D eigenvalue weighted by Crippen LogP contribution is -2.03. The SMILES string of the molecule is Cn1ncc2c(O)c(C=O)sc(=O)c21. The van der Waals surface area contributed by atoms with Crippen molar-refractivity contribution in [2.45, 2.75) is 0 Å². The molecule has 5 nitrogen and oxygen atoms in total. The van der Waals surface area contributed by atoms with Crippen LogP contribution in [0.4, 0.5) is 0 Å². The van der Waals surface area contributed by atoms with E-state index in [0.717, 1.165) is 11.3 Å². The first-order valence-corrected chi connectivity index (χ1v) is 4.59. The maximum atomic E-state index is 11.5. The van der Waals surface area contributed by atoms with Gasteiger partial charge in [0.25, 0.3) is 4.74 Å². The molecule has 2 rings (SSSR count). The van der Waals surface area contributed by atoms with Crippen molar-refractivity contribution >= 4 is 28.5 Å². The van der Waals surface area contributed by atoms with Crippen LogP contribution in [-0.2, 0) is 7.05 Å². The van der Waals surface area contributed by atoms with Crippen molar-refractivity contribution in [2.24, 2.45) is 7.05 Å². The standard InChI is InChI=1S/C8H6N2O3S/c1-10-6-4(2-9-10)7(12)5(3-11)14-8(6)13/h2-3,12H,1H3. The number of aromatic hydroxyl groups is 1. The topological polar surface area (TPSA) is 72.2 Å². The molecule has 72 valence electrons. The van der Waals surface area contributed by atoms with Crippen molar-refractivity contribution in [1.82, 2.24) is 9.78 Å². The van der Waals surface area contributed by atoms with Crippen molar-refractivity contribution in [3.8, 4) is 5.75 Å². The van der Waals surface area contributed by atoms with Gasteiger partial charge in [0.05, 0.1) is 11.6 Å². The Morgan fingerprint density at radius 2 is 2.36 bits per heavy atom. The zero-order valence-corrected chi connectivity index (χ0v) is 8.04. The zero-order chi connectivity index (χ0) is 10.3. The summed E-state index contributed by atoms with van der Waals surface area (Å²) in [6.07, 6.45) is 1.83. The lowest BCUT2D eigenvalue weighted by molar-refractivity contribution is 0.112. The average Bonchev–Trinajstić information content (AvgIpc) is 2.54. The first-order valence-electron chi connectivity index (χ1n) is 3.78. The third-order valence-electron chi connectivity index (χ3n) is 1.93. The molecule has 0 saturated carbocycles. The Kier molecular flexibility index (Phi) is 1.85. The number of carbonyl (C=O) groups is 1. The van der Waals surface area contributed by atoms with Crippen LogP contribution in [0.15, 0.2) is 11.0 Å². The van der Waals surface area contributed by atoms with Crippen LogP contribution in [0.3, 0.4) is 0 Å². The van der Waals surface area contributed by atoms with Gasteiger partial charge in [0.1, 0.15) is 16.1 Å². The molecular formula is C8H6N2O3S. The minimum Gasteiger partial charge on any atom is -0.506 e. The van der Waals surface area contributed by atoms with Crippen LogP contribution >= 0.6 is 11.3 Å². The molecule has 2 aromatic rings. The number of aldehydes is 1. The first kappa shape index (κ1) is 8.89. The van der Waals surface area contributed by atoms with Crippen molar-refractivity contribution in [2.75, 3.05) is 0 Å². The Bertz CT molecular complexity index is 570. The Hall–Kier alpha value is -1.69. The molecule has 1 N–H and O–H groups in total. The summed E-state index contributed by atoms with van der Waals surface area (Å²) in [5.74, 6) is -0.173. The fraction of sp³-hybridized carbons (Fsp3) is 0.125. The number of hydrogen-bond donors (Lipinski definition) is 1. The molecule has 0 aliphatic heterocycles. The maximum Gasteiger partial charge on any atom is 0.259 e. The van der Waals surface area contributed by atoms with Gasteiger partial charge in [-0.15, -0.1) is 0 Å². The molecule has 0 aliphatic carbocycles. The summed E-state index contributed by atoms with van der Waals surface area (Å²) in [5, 5.41) is 13.7. The van der Waals surface area contributed by atoms with E-state index < -0.39 is 0 Å². The molecule has 0 atom stereocenters. The number of aromatic nitrogens is 2.